The van der Waals surface area contributed by atoms with Crippen molar-refractivity contribution in [3.63, 3.8) is 0 Å². The van der Waals surface area contributed by atoms with Crippen LogP contribution in [0.2, 0.25) is 0 Å². The van der Waals surface area contributed by atoms with Gasteiger partial charge in [0.25, 0.3) is 0 Å². The Morgan fingerprint density at radius 3 is 2.06 bits per heavy atom. The fraction of sp³-hybridized carbons (Fsp3) is 0.938. The first-order valence-corrected chi connectivity index (χ1v) is 7.41. The summed E-state index contributed by atoms with van der Waals surface area (Å²) in [5, 5.41) is 0. The lowest BCUT2D eigenvalue weighted by atomic mass is 9.84. The van der Waals surface area contributed by atoms with Gasteiger partial charge in [-0.05, 0) is 30.6 Å². The van der Waals surface area contributed by atoms with Gasteiger partial charge in [-0.1, -0.05) is 73.1 Å². The molecule has 0 amide bonds. The molecule has 0 aromatic carbocycles. The Balaban J connectivity index is 3.81. The molecule has 0 spiro atoms. The van der Waals surface area contributed by atoms with Crippen molar-refractivity contribution >= 4 is 0 Å². The van der Waals surface area contributed by atoms with Crippen LogP contribution in [0.1, 0.15) is 86.0 Å². The zero-order valence-corrected chi connectivity index (χ0v) is 12.3. The molecule has 1 atom stereocenters. The normalized spacial score (nSPS) is 13.7. The Labute approximate surface area is 104 Å². The van der Waals surface area contributed by atoms with Crippen molar-refractivity contribution in [2.75, 3.05) is 0 Å². The van der Waals surface area contributed by atoms with E-state index in [4.69, 9.17) is 0 Å². The zero-order valence-electron chi connectivity index (χ0n) is 12.3. The maximum atomic E-state index is 2.36. The van der Waals surface area contributed by atoms with E-state index in [1.54, 1.807) is 5.92 Å². The first-order valence-electron chi connectivity index (χ1n) is 7.41. The first-order chi connectivity index (χ1) is 7.60. The van der Waals surface area contributed by atoms with Gasteiger partial charge in [0, 0.05) is 0 Å². The van der Waals surface area contributed by atoms with E-state index in [2.05, 4.69) is 34.6 Å². The monoisotopic (exact) mass is 225 g/mol. The second-order valence-corrected chi connectivity index (χ2v) is 5.91. The van der Waals surface area contributed by atoms with Crippen LogP contribution >= 0.6 is 0 Å². The summed E-state index contributed by atoms with van der Waals surface area (Å²) >= 11 is 0. The van der Waals surface area contributed by atoms with Crippen LogP contribution in [0.5, 0.6) is 0 Å². The lowest BCUT2D eigenvalue weighted by molar-refractivity contribution is 0.389. The average Bonchev–Trinajstić information content (AvgIpc) is 2.16. The van der Waals surface area contributed by atoms with E-state index in [1.165, 1.54) is 51.4 Å². The molecule has 16 heavy (non-hydrogen) atoms. The molecular formula is C16H33. The molecule has 1 unspecified atom stereocenters. The second kappa shape index (κ2) is 10.2. The number of rotatable bonds is 10. The van der Waals surface area contributed by atoms with Gasteiger partial charge in [-0.25, -0.2) is 0 Å². The molecular weight excluding hydrogens is 192 g/mol. The second-order valence-electron chi connectivity index (χ2n) is 5.91. The van der Waals surface area contributed by atoms with E-state index >= 15 is 0 Å². The molecule has 0 nitrogen and oxygen atoms in total. The largest absolute Gasteiger partial charge is 0.0654 e. The van der Waals surface area contributed by atoms with E-state index in [1.807, 2.05) is 0 Å². The van der Waals surface area contributed by atoms with Crippen LogP contribution in [0.3, 0.4) is 0 Å². The van der Waals surface area contributed by atoms with Crippen molar-refractivity contribution in [1.29, 1.82) is 0 Å². The highest BCUT2D eigenvalue weighted by Gasteiger charge is 2.13. The van der Waals surface area contributed by atoms with Gasteiger partial charge in [0.2, 0.25) is 0 Å². The summed E-state index contributed by atoms with van der Waals surface area (Å²) in [6.45, 7) is 11.6. The van der Waals surface area contributed by atoms with Crippen molar-refractivity contribution in [3.05, 3.63) is 5.92 Å². The molecule has 1 radical (unpaired) electrons. The third kappa shape index (κ3) is 9.24. The molecule has 97 valence electrons. The molecule has 0 aliphatic rings. The van der Waals surface area contributed by atoms with Crippen molar-refractivity contribution in [2.24, 2.45) is 11.8 Å². The average molecular weight is 225 g/mol. The number of unbranched alkanes of at least 4 members (excludes halogenated alkanes) is 2. The van der Waals surface area contributed by atoms with Gasteiger partial charge in [0.05, 0.1) is 0 Å². The molecule has 0 aliphatic heterocycles. The number of hydrogen-bond donors (Lipinski definition) is 0. The maximum absolute atomic E-state index is 2.36. The molecule has 0 aliphatic carbocycles. The van der Waals surface area contributed by atoms with Crippen LogP contribution in [0.4, 0.5) is 0 Å². The van der Waals surface area contributed by atoms with Gasteiger partial charge >= 0.3 is 0 Å². The van der Waals surface area contributed by atoms with Gasteiger partial charge in [-0.2, -0.15) is 0 Å². The van der Waals surface area contributed by atoms with Crippen LogP contribution in [-0.4, -0.2) is 0 Å². The molecule has 0 aromatic rings. The van der Waals surface area contributed by atoms with E-state index in [9.17, 15) is 0 Å². The van der Waals surface area contributed by atoms with Crippen molar-refractivity contribution in [1.82, 2.24) is 0 Å². The van der Waals surface area contributed by atoms with Crippen LogP contribution in [0.15, 0.2) is 0 Å². The lowest BCUT2D eigenvalue weighted by Gasteiger charge is -2.21. The highest BCUT2D eigenvalue weighted by Crippen LogP contribution is 2.27. The van der Waals surface area contributed by atoms with E-state index < -0.39 is 0 Å². The highest BCUT2D eigenvalue weighted by atomic mass is 14.2. The molecule has 0 fully saturated rings. The van der Waals surface area contributed by atoms with Gasteiger partial charge in [0.15, 0.2) is 0 Å². The standard InChI is InChI=1S/C16H33/c1-6-8-9-11-16(10-7-2)13-15(5)12-14(3)4/h14,16H,6-13H2,1-5H3. The molecule has 0 saturated carbocycles. The molecule has 0 saturated heterocycles. The van der Waals surface area contributed by atoms with Crippen LogP contribution in [0.25, 0.3) is 0 Å². The summed E-state index contributed by atoms with van der Waals surface area (Å²) in [7, 11) is 0. The molecule has 0 N–H and O–H groups in total. The van der Waals surface area contributed by atoms with Crippen molar-refractivity contribution in [3.8, 4) is 0 Å². The van der Waals surface area contributed by atoms with Crippen LogP contribution in [0, 0.1) is 17.8 Å². The van der Waals surface area contributed by atoms with E-state index in [0.717, 1.165) is 11.8 Å². The first kappa shape index (κ1) is 16.0. The van der Waals surface area contributed by atoms with Crippen LogP contribution in [-0.2, 0) is 0 Å². The minimum absolute atomic E-state index is 0.831. The quantitative estimate of drug-likeness (QED) is 0.399. The van der Waals surface area contributed by atoms with Gasteiger partial charge in [-0.15, -0.1) is 0 Å². The van der Waals surface area contributed by atoms with Crippen molar-refractivity contribution in [2.45, 2.75) is 86.0 Å². The Kier molecular flexibility index (Phi) is 10.2. The fourth-order valence-electron chi connectivity index (χ4n) is 2.71. The summed E-state index contributed by atoms with van der Waals surface area (Å²) < 4.78 is 0. The number of hydrogen-bond acceptors (Lipinski definition) is 0. The Morgan fingerprint density at radius 1 is 0.875 bits per heavy atom. The summed E-state index contributed by atoms with van der Waals surface area (Å²) in [5.74, 6) is 3.53. The van der Waals surface area contributed by atoms with E-state index in [0.29, 0.717) is 0 Å². The van der Waals surface area contributed by atoms with Gasteiger partial charge < -0.3 is 0 Å². The third-order valence-electron chi connectivity index (χ3n) is 3.31. The molecule has 0 heteroatoms. The molecule has 0 bridgehead atoms. The SMILES string of the molecule is CCCCCC(CCC)C[C](C)CC(C)C. The van der Waals surface area contributed by atoms with Gasteiger partial charge in [0.1, 0.15) is 0 Å². The third-order valence-corrected chi connectivity index (χ3v) is 3.31. The van der Waals surface area contributed by atoms with E-state index in [-0.39, 0.29) is 0 Å². The fourth-order valence-corrected chi connectivity index (χ4v) is 2.71. The van der Waals surface area contributed by atoms with Crippen molar-refractivity contribution < 1.29 is 0 Å². The Morgan fingerprint density at radius 2 is 1.56 bits per heavy atom. The smallest absolute Gasteiger partial charge is 0.0267 e. The zero-order chi connectivity index (χ0) is 12.4. The summed E-state index contributed by atoms with van der Waals surface area (Å²) in [6.07, 6.45) is 11.2. The minimum Gasteiger partial charge on any atom is -0.0654 e. The Bertz CT molecular complexity index is 137. The Hall–Kier alpha value is 0. The predicted octanol–water partition coefficient (Wildman–Crippen LogP) is 6.01. The maximum Gasteiger partial charge on any atom is -0.0267 e. The minimum atomic E-state index is 0.831. The predicted molar refractivity (Wildman–Crippen MR) is 75.5 cm³/mol. The lowest BCUT2D eigenvalue weighted by Crippen LogP contribution is -2.07. The molecule has 0 aromatic heterocycles. The summed E-state index contributed by atoms with van der Waals surface area (Å²) in [5.41, 5.74) is 0. The topological polar surface area (TPSA) is 0 Å². The molecule has 0 rings (SSSR count). The highest BCUT2D eigenvalue weighted by molar-refractivity contribution is 4.87. The summed E-state index contributed by atoms with van der Waals surface area (Å²) in [6, 6.07) is 0. The summed E-state index contributed by atoms with van der Waals surface area (Å²) in [4.78, 5) is 0. The van der Waals surface area contributed by atoms with Crippen LogP contribution < -0.4 is 0 Å². The molecule has 0 heterocycles. The van der Waals surface area contributed by atoms with Gasteiger partial charge in [-0.3, -0.25) is 0 Å².